The fourth-order valence-corrected chi connectivity index (χ4v) is 0.972. The van der Waals surface area contributed by atoms with Crippen LogP contribution in [0.1, 0.15) is 6.92 Å². The molecule has 7 heteroatoms. The first kappa shape index (κ1) is 17.5. The molecule has 0 aromatic carbocycles. The van der Waals surface area contributed by atoms with Crippen molar-refractivity contribution in [3.8, 4) is 0 Å². The van der Waals surface area contributed by atoms with Gasteiger partial charge in [0.25, 0.3) is 0 Å². The fraction of sp³-hybridized carbons (Fsp3) is 0.667. The summed E-state index contributed by atoms with van der Waals surface area (Å²) in [5, 5.41) is 0. The minimum Gasteiger partial charge on any atom is -0.455 e. The number of esters is 1. The van der Waals surface area contributed by atoms with Crippen LogP contribution in [-0.2, 0) is 23.7 Å². The van der Waals surface area contributed by atoms with Gasteiger partial charge in [-0.15, -0.1) is 0 Å². The van der Waals surface area contributed by atoms with Gasteiger partial charge in [-0.25, -0.2) is 4.79 Å². The average molecular weight is 272 g/mol. The van der Waals surface area contributed by atoms with E-state index >= 15 is 0 Å². The van der Waals surface area contributed by atoms with Crippen LogP contribution in [0.5, 0.6) is 0 Å². The molecule has 0 saturated heterocycles. The first-order chi connectivity index (χ1) is 9.16. The van der Waals surface area contributed by atoms with E-state index in [1.165, 1.54) is 0 Å². The second kappa shape index (κ2) is 12.9. The van der Waals surface area contributed by atoms with Gasteiger partial charge in [-0.3, -0.25) is 0 Å². The van der Waals surface area contributed by atoms with Crippen molar-refractivity contribution in [2.75, 3.05) is 46.2 Å². The molecule has 0 heterocycles. The molecule has 0 unspecified atom stereocenters. The number of hydrogen-bond acceptors (Lipinski definition) is 5. The Morgan fingerprint density at radius 2 is 1.63 bits per heavy atom. The number of rotatable bonds is 12. The summed E-state index contributed by atoms with van der Waals surface area (Å²) in [4.78, 5) is 13.2. The standard InChI is InChI=1S/C12H20N2O5/c1-11(2)10-18-6-5-16-3-4-17-7-8-19-12(15)9-14-13/h9H,1,3-8,10H2,2H3. The normalized spacial score (nSPS) is 9.74. The van der Waals surface area contributed by atoms with Gasteiger partial charge in [0, 0.05) is 0 Å². The molecule has 0 amide bonds. The number of nitrogens with zero attached hydrogens (tertiary/aromatic N) is 2. The molecule has 0 spiro atoms. The van der Waals surface area contributed by atoms with E-state index in [0.29, 0.717) is 39.2 Å². The van der Waals surface area contributed by atoms with Crippen molar-refractivity contribution >= 4 is 12.2 Å². The summed E-state index contributed by atoms with van der Waals surface area (Å²) < 4.78 is 20.2. The summed E-state index contributed by atoms with van der Waals surface area (Å²) in [7, 11) is 0. The summed E-state index contributed by atoms with van der Waals surface area (Å²) in [6, 6.07) is 0. The Hall–Kier alpha value is -1.53. The third kappa shape index (κ3) is 14.4. The van der Waals surface area contributed by atoms with Crippen molar-refractivity contribution in [3.63, 3.8) is 0 Å². The number of hydrogen-bond donors (Lipinski definition) is 0. The van der Waals surface area contributed by atoms with E-state index in [1.54, 1.807) is 0 Å². The monoisotopic (exact) mass is 272 g/mol. The highest BCUT2D eigenvalue weighted by Crippen LogP contribution is 1.88. The molecule has 0 aliphatic carbocycles. The molecule has 0 fully saturated rings. The first-order valence-corrected chi connectivity index (χ1v) is 5.88. The Balaban J connectivity index is 3.13. The molecule has 0 aliphatic rings. The van der Waals surface area contributed by atoms with Gasteiger partial charge < -0.3 is 24.5 Å². The van der Waals surface area contributed by atoms with Crippen LogP contribution in [0.4, 0.5) is 0 Å². The number of carbonyl (C=O) groups excluding carboxylic acids is 1. The van der Waals surface area contributed by atoms with Gasteiger partial charge in [0.1, 0.15) is 6.61 Å². The fourth-order valence-electron chi connectivity index (χ4n) is 0.972. The summed E-state index contributed by atoms with van der Waals surface area (Å²) in [5.74, 6) is -0.711. The summed E-state index contributed by atoms with van der Waals surface area (Å²) in [6.07, 6.45) is 0.675. The molecule has 0 rings (SSSR count). The second-order valence-corrected chi connectivity index (χ2v) is 3.65. The topological polar surface area (TPSA) is 90.4 Å². The zero-order chi connectivity index (χ0) is 14.3. The van der Waals surface area contributed by atoms with Gasteiger partial charge in [-0.05, 0) is 6.92 Å². The van der Waals surface area contributed by atoms with Crippen molar-refractivity contribution in [2.45, 2.75) is 6.92 Å². The Morgan fingerprint density at radius 3 is 2.16 bits per heavy atom. The average Bonchev–Trinajstić information content (AvgIpc) is 2.36. The van der Waals surface area contributed by atoms with Gasteiger partial charge in [-0.2, -0.15) is 4.79 Å². The molecular weight excluding hydrogens is 252 g/mol. The lowest BCUT2D eigenvalue weighted by atomic mass is 10.4. The van der Waals surface area contributed by atoms with Crippen LogP contribution >= 0.6 is 0 Å². The van der Waals surface area contributed by atoms with E-state index in [9.17, 15) is 4.79 Å². The smallest absolute Gasteiger partial charge is 0.413 e. The van der Waals surface area contributed by atoms with E-state index in [-0.39, 0.29) is 13.2 Å². The second-order valence-electron chi connectivity index (χ2n) is 3.65. The maximum absolute atomic E-state index is 10.7. The molecule has 0 aromatic heterocycles. The molecule has 0 radical (unpaired) electrons. The molecule has 0 atom stereocenters. The van der Waals surface area contributed by atoms with Gasteiger partial charge >= 0.3 is 12.2 Å². The Kier molecular flexibility index (Phi) is 11.9. The molecule has 108 valence electrons. The van der Waals surface area contributed by atoms with E-state index in [4.69, 9.17) is 19.7 Å². The Morgan fingerprint density at radius 1 is 1.11 bits per heavy atom. The third-order valence-corrected chi connectivity index (χ3v) is 1.73. The van der Waals surface area contributed by atoms with Gasteiger partial charge in [0.05, 0.1) is 39.6 Å². The molecule has 19 heavy (non-hydrogen) atoms. The van der Waals surface area contributed by atoms with Gasteiger partial charge in [0.15, 0.2) is 0 Å². The van der Waals surface area contributed by atoms with Crippen LogP contribution in [0.3, 0.4) is 0 Å². The van der Waals surface area contributed by atoms with Crippen LogP contribution in [-0.4, -0.2) is 63.2 Å². The van der Waals surface area contributed by atoms with Crippen LogP contribution in [0.15, 0.2) is 12.2 Å². The van der Waals surface area contributed by atoms with Crippen LogP contribution in [0.25, 0.3) is 5.53 Å². The maximum Gasteiger partial charge on any atom is 0.413 e. The molecule has 0 aliphatic heterocycles. The van der Waals surface area contributed by atoms with Crippen molar-refractivity contribution < 1.29 is 28.5 Å². The largest absolute Gasteiger partial charge is 0.455 e. The van der Waals surface area contributed by atoms with E-state index in [2.05, 4.69) is 16.1 Å². The minimum atomic E-state index is -0.711. The lowest BCUT2D eigenvalue weighted by Gasteiger charge is -2.06. The van der Waals surface area contributed by atoms with Crippen LogP contribution < -0.4 is 0 Å². The van der Waals surface area contributed by atoms with Crippen molar-refractivity contribution in [1.29, 1.82) is 0 Å². The van der Waals surface area contributed by atoms with Crippen molar-refractivity contribution in [3.05, 3.63) is 17.7 Å². The zero-order valence-corrected chi connectivity index (χ0v) is 11.2. The molecule has 0 aromatic rings. The summed E-state index contributed by atoms with van der Waals surface area (Å²) >= 11 is 0. The van der Waals surface area contributed by atoms with E-state index in [1.807, 2.05) is 6.92 Å². The van der Waals surface area contributed by atoms with Crippen molar-refractivity contribution in [2.24, 2.45) is 0 Å². The highest BCUT2D eigenvalue weighted by atomic mass is 16.6. The maximum atomic E-state index is 10.7. The van der Waals surface area contributed by atoms with E-state index < -0.39 is 5.97 Å². The minimum absolute atomic E-state index is 0.104. The number of ether oxygens (including phenoxy) is 4. The Bertz CT molecular complexity index is 313. The SMILES string of the molecule is C=C(C)COCCOCCOCCOC(=O)C=[N+]=[N-]. The quantitative estimate of drug-likeness (QED) is 0.128. The van der Waals surface area contributed by atoms with Gasteiger partial charge in [-0.1, -0.05) is 12.2 Å². The zero-order valence-electron chi connectivity index (χ0n) is 11.2. The number of carbonyl (C=O) groups is 1. The molecule has 7 nitrogen and oxygen atoms in total. The van der Waals surface area contributed by atoms with Crippen molar-refractivity contribution in [1.82, 2.24) is 0 Å². The first-order valence-electron chi connectivity index (χ1n) is 5.88. The molecular formula is C12H20N2O5. The Labute approximate surface area is 112 Å². The predicted octanol–water partition coefficient (Wildman–Crippen LogP) is 0.456. The third-order valence-electron chi connectivity index (χ3n) is 1.73. The summed E-state index contributed by atoms with van der Waals surface area (Å²) in [5.41, 5.74) is 9.01. The molecule has 0 N–H and O–H groups in total. The molecule has 0 bridgehead atoms. The lowest BCUT2D eigenvalue weighted by molar-refractivity contribution is -0.140. The highest BCUT2D eigenvalue weighted by molar-refractivity contribution is 6.20. The van der Waals surface area contributed by atoms with Gasteiger partial charge in [0.2, 0.25) is 0 Å². The van der Waals surface area contributed by atoms with Crippen LogP contribution in [0, 0.1) is 0 Å². The lowest BCUT2D eigenvalue weighted by Crippen LogP contribution is -2.14. The summed E-state index contributed by atoms with van der Waals surface area (Å²) in [6.45, 7) is 8.39. The highest BCUT2D eigenvalue weighted by Gasteiger charge is 2.01. The van der Waals surface area contributed by atoms with E-state index in [0.717, 1.165) is 5.57 Å². The molecule has 0 saturated carbocycles. The predicted molar refractivity (Wildman–Crippen MR) is 67.9 cm³/mol. The van der Waals surface area contributed by atoms with Crippen LogP contribution in [0.2, 0.25) is 0 Å².